The zero-order chi connectivity index (χ0) is 20.7. The minimum Gasteiger partial charge on any atom is -0.483 e. The van der Waals surface area contributed by atoms with Crippen LogP contribution in [-0.2, 0) is 9.53 Å². The van der Waals surface area contributed by atoms with Crippen LogP contribution >= 0.6 is 0 Å². The molecule has 0 bridgehead atoms. The first-order valence-electron chi connectivity index (χ1n) is 9.35. The van der Waals surface area contributed by atoms with E-state index in [0.717, 1.165) is 5.56 Å². The number of hydrogen-bond donors (Lipinski definition) is 1. The van der Waals surface area contributed by atoms with Crippen LogP contribution in [0, 0.1) is 6.92 Å². The molecule has 150 valence electrons. The van der Waals surface area contributed by atoms with E-state index >= 15 is 0 Å². The minimum atomic E-state index is -0.424. The van der Waals surface area contributed by atoms with Crippen molar-refractivity contribution >= 4 is 23.4 Å². The van der Waals surface area contributed by atoms with Gasteiger partial charge in [0.2, 0.25) is 0 Å². The van der Waals surface area contributed by atoms with Crippen molar-refractivity contribution in [1.82, 2.24) is 0 Å². The van der Waals surface area contributed by atoms with Crippen molar-refractivity contribution in [2.75, 3.05) is 30.5 Å². The molecule has 6 heteroatoms. The molecule has 2 aromatic carbocycles. The third kappa shape index (κ3) is 5.74. The van der Waals surface area contributed by atoms with Gasteiger partial charge in [-0.2, -0.15) is 0 Å². The zero-order valence-electron chi connectivity index (χ0n) is 17.1. The topological polar surface area (TPSA) is 67.9 Å². The normalized spacial score (nSPS) is 10.5. The number of nitrogens with one attached hydrogen (secondary N) is 1. The van der Waals surface area contributed by atoms with Crippen LogP contribution in [0.25, 0.3) is 0 Å². The van der Waals surface area contributed by atoms with Gasteiger partial charge in [0.15, 0.2) is 6.61 Å². The number of rotatable bonds is 7. The van der Waals surface area contributed by atoms with Gasteiger partial charge in [-0.15, -0.1) is 0 Å². The van der Waals surface area contributed by atoms with E-state index in [2.05, 4.69) is 25.2 Å². The van der Waals surface area contributed by atoms with E-state index in [9.17, 15) is 9.59 Å². The van der Waals surface area contributed by atoms with Crippen molar-refractivity contribution in [3.63, 3.8) is 0 Å². The Morgan fingerprint density at radius 1 is 1.11 bits per heavy atom. The molecule has 6 nitrogen and oxygen atoms in total. The van der Waals surface area contributed by atoms with Crippen molar-refractivity contribution in [3.05, 3.63) is 53.6 Å². The summed E-state index contributed by atoms with van der Waals surface area (Å²) in [5.41, 5.74) is 3.46. The third-order valence-electron chi connectivity index (χ3n) is 4.32. The van der Waals surface area contributed by atoms with E-state index in [0.29, 0.717) is 29.6 Å². The first kappa shape index (κ1) is 21.3. The monoisotopic (exact) mass is 384 g/mol. The molecule has 0 aromatic heterocycles. The Hall–Kier alpha value is -3.02. The SMILES string of the molecule is CCOC(=O)N(C)c1ccc(NC(=O)COc2cc(C(C)C)ccc2C)cc1. The summed E-state index contributed by atoms with van der Waals surface area (Å²) in [5, 5.41) is 2.79. The van der Waals surface area contributed by atoms with Crippen LogP contribution in [-0.4, -0.2) is 32.3 Å². The molecule has 0 atom stereocenters. The Kier molecular flexibility index (Phi) is 7.44. The van der Waals surface area contributed by atoms with E-state index in [-0.39, 0.29) is 12.5 Å². The summed E-state index contributed by atoms with van der Waals surface area (Å²) < 4.78 is 10.7. The van der Waals surface area contributed by atoms with Crippen LogP contribution in [0.15, 0.2) is 42.5 Å². The number of nitrogens with zero attached hydrogens (tertiary/aromatic N) is 1. The van der Waals surface area contributed by atoms with E-state index in [1.807, 2.05) is 19.1 Å². The number of hydrogen-bond acceptors (Lipinski definition) is 4. The van der Waals surface area contributed by atoms with Crippen LogP contribution in [0.1, 0.15) is 37.8 Å². The lowest BCUT2D eigenvalue weighted by Crippen LogP contribution is -2.27. The van der Waals surface area contributed by atoms with Gasteiger partial charge in [0.25, 0.3) is 5.91 Å². The Labute approximate surface area is 166 Å². The van der Waals surface area contributed by atoms with Crippen LogP contribution in [0.5, 0.6) is 5.75 Å². The maximum atomic E-state index is 12.2. The number of amides is 2. The molecule has 2 amide bonds. The molecular weight excluding hydrogens is 356 g/mol. The average molecular weight is 384 g/mol. The molecule has 2 aromatic rings. The van der Waals surface area contributed by atoms with E-state index in [4.69, 9.17) is 9.47 Å². The number of carbonyl (C=O) groups is 2. The molecule has 1 N–H and O–H groups in total. The third-order valence-corrected chi connectivity index (χ3v) is 4.32. The van der Waals surface area contributed by atoms with Crippen molar-refractivity contribution in [2.45, 2.75) is 33.6 Å². The largest absolute Gasteiger partial charge is 0.483 e. The van der Waals surface area contributed by atoms with Crippen LogP contribution in [0.3, 0.4) is 0 Å². The molecule has 0 spiro atoms. The predicted octanol–water partition coefficient (Wildman–Crippen LogP) is 4.73. The van der Waals surface area contributed by atoms with Gasteiger partial charge in [-0.25, -0.2) is 4.79 Å². The lowest BCUT2D eigenvalue weighted by molar-refractivity contribution is -0.118. The summed E-state index contributed by atoms with van der Waals surface area (Å²) in [6, 6.07) is 13.0. The second kappa shape index (κ2) is 9.78. The van der Waals surface area contributed by atoms with Gasteiger partial charge in [0.1, 0.15) is 5.75 Å². The highest BCUT2D eigenvalue weighted by Crippen LogP contribution is 2.24. The lowest BCUT2D eigenvalue weighted by Gasteiger charge is -2.17. The fourth-order valence-electron chi connectivity index (χ4n) is 2.57. The maximum Gasteiger partial charge on any atom is 0.413 e. The summed E-state index contributed by atoms with van der Waals surface area (Å²) in [6.07, 6.45) is -0.424. The van der Waals surface area contributed by atoms with Crippen molar-refractivity contribution in [3.8, 4) is 5.75 Å². The number of anilines is 2. The second-order valence-electron chi connectivity index (χ2n) is 6.82. The molecule has 28 heavy (non-hydrogen) atoms. The van der Waals surface area contributed by atoms with Crippen molar-refractivity contribution in [1.29, 1.82) is 0 Å². The Morgan fingerprint density at radius 2 is 1.79 bits per heavy atom. The van der Waals surface area contributed by atoms with Gasteiger partial charge in [-0.3, -0.25) is 9.69 Å². The van der Waals surface area contributed by atoms with Gasteiger partial charge in [0.05, 0.1) is 6.61 Å². The molecule has 0 saturated heterocycles. The number of benzene rings is 2. The number of aryl methyl sites for hydroxylation is 1. The Bertz CT molecular complexity index is 816. The lowest BCUT2D eigenvalue weighted by atomic mass is 10.0. The molecule has 0 unspecified atom stereocenters. The number of ether oxygens (including phenoxy) is 2. The molecule has 0 aliphatic carbocycles. The molecule has 0 saturated carbocycles. The highest BCUT2D eigenvalue weighted by Gasteiger charge is 2.12. The summed E-state index contributed by atoms with van der Waals surface area (Å²) >= 11 is 0. The highest BCUT2D eigenvalue weighted by atomic mass is 16.6. The van der Waals surface area contributed by atoms with Gasteiger partial charge in [-0.1, -0.05) is 26.0 Å². The summed E-state index contributed by atoms with van der Waals surface area (Å²) in [7, 11) is 1.63. The molecule has 0 fully saturated rings. The molecule has 0 heterocycles. The first-order valence-corrected chi connectivity index (χ1v) is 9.35. The Morgan fingerprint density at radius 3 is 2.39 bits per heavy atom. The molecule has 2 rings (SSSR count). The van der Waals surface area contributed by atoms with Gasteiger partial charge >= 0.3 is 6.09 Å². The summed E-state index contributed by atoms with van der Waals surface area (Å²) in [6.45, 7) is 8.18. The second-order valence-corrected chi connectivity index (χ2v) is 6.82. The quantitative estimate of drug-likeness (QED) is 0.749. The van der Waals surface area contributed by atoms with Crippen LogP contribution in [0.2, 0.25) is 0 Å². The zero-order valence-corrected chi connectivity index (χ0v) is 17.1. The van der Waals surface area contributed by atoms with Gasteiger partial charge < -0.3 is 14.8 Å². The molecule has 0 radical (unpaired) electrons. The summed E-state index contributed by atoms with van der Waals surface area (Å²) in [5.74, 6) is 0.858. The van der Waals surface area contributed by atoms with Crippen LogP contribution in [0.4, 0.5) is 16.2 Å². The van der Waals surface area contributed by atoms with Crippen LogP contribution < -0.4 is 15.0 Å². The maximum absolute atomic E-state index is 12.2. The minimum absolute atomic E-state index is 0.0765. The average Bonchev–Trinajstić information content (AvgIpc) is 2.67. The van der Waals surface area contributed by atoms with Gasteiger partial charge in [0, 0.05) is 18.4 Å². The fourth-order valence-corrected chi connectivity index (χ4v) is 2.57. The van der Waals surface area contributed by atoms with Crippen molar-refractivity contribution < 1.29 is 19.1 Å². The summed E-state index contributed by atoms with van der Waals surface area (Å²) in [4.78, 5) is 25.3. The Balaban J connectivity index is 1.93. The van der Waals surface area contributed by atoms with Crippen molar-refractivity contribution in [2.24, 2.45) is 0 Å². The highest BCUT2D eigenvalue weighted by molar-refractivity contribution is 5.92. The standard InChI is InChI=1S/C22H28N2O4/c1-6-27-22(26)24(5)19-11-9-18(10-12-19)23-21(25)14-28-20-13-17(15(2)3)8-7-16(20)4/h7-13,15H,6,14H2,1-5H3,(H,23,25). The fraction of sp³-hybridized carbons (Fsp3) is 0.364. The predicted molar refractivity (Wildman–Crippen MR) is 111 cm³/mol. The molecule has 0 aliphatic heterocycles. The molecule has 0 aliphatic rings. The van der Waals surface area contributed by atoms with E-state index in [1.165, 1.54) is 10.5 Å². The number of carbonyl (C=O) groups excluding carboxylic acids is 2. The van der Waals surface area contributed by atoms with Gasteiger partial charge in [-0.05, 0) is 61.2 Å². The van der Waals surface area contributed by atoms with E-state index in [1.54, 1.807) is 38.2 Å². The first-order chi connectivity index (χ1) is 13.3. The molecular formula is C22H28N2O4. The van der Waals surface area contributed by atoms with E-state index < -0.39 is 6.09 Å². The smallest absolute Gasteiger partial charge is 0.413 e.